The van der Waals surface area contributed by atoms with Crippen LogP contribution in [0.15, 0.2) is 24.5 Å². The lowest BCUT2D eigenvalue weighted by molar-refractivity contribution is 0.259. The van der Waals surface area contributed by atoms with Gasteiger partial charge in [-0.2, -0.15) is 5.10 Å². The van der Waals surface area contributed by atoms with Crippen LogP contribution in [0.5, 0.6) is 0 Å². The van der Waals surface area contributed by atoms with Crippen LogP contribution in [0.2, 0.25) is 0 Å². The lowest BCUT2D eigenvalue weighted by atomic mass is 10.0. The first kappa shape index (κ1) is 11.9. The fourth-order valence-corrected chi connectivity index (χ4v) is 1.85. The van der Waals surface area contributed by atoms with Crippen molar-refractivity contribution in [3.05, 3.63) is 24.5 Å². The first-order chi connectivity index (χ1) is 8.19. The van der Waals surface area contributed by atoms with Gasteiger partial charge in [-0.15, -0.1) is 0 Å². The molecule has 0 fully saturated rings. The molecule has 0 aliphatic rings. The van der Waals surface area contributed by atoms with Gasteiger partial charge in [0.05, 0.1) is 18.8 Å². The molecule has 0 aliphatic heterocycles. The summed E-state index contributed by atoms with van der Waals surface area (Å²) in [6.45, 7) is 4.39. The minimum Gasteiger partial charge on any atom is -0.394 e. The topological polar surface area (TPSA) is 62.5 Å². The number of hydrogen-bond acceptors (Lipinski definition) is 4. The lowest BCUT2D eigenvalue weighted by Gasteiger charge is -2.18. The number of aromatic nitrogens is 3. The maximum Gasteiger partial charge on any atom is 0.157 e. The largest absolute Gasteiger partial charge is 0.394 e. The highest BCUT2D eigenvalue weighted by Gasteiger charge is 2.10. The van der Waals surface area contributed by atoms with Gasteiger partial charge in [0.25, 0.3) is 0 Å². The van der Waals surface area contributed by atoms with Crippen LogP contribution in [-0.4, -0.2) is 32.4 Å². The van der Waals surface area contributed by atoms with Crippen molar-refractivity contribution in [3.63, 3.8) is 0 Å². The van der Waals surface area contributed by atoms with Crippen molar-refractivity contribution in [3.8, 4) is 0 Å². The molecule has 0 bridgehead atoms. The number of aliphatic hydroxyl groups excluding tert-OH is 1. The Morgan fingerprint density at radius 1 is 1.41 bits per heavy atom. The number of nitrogens with one attached hydrogen (secondary N) is 1. The predicted octanol–water partition coefficient (Wildman–Crippen LogP) is 1.55. The van der Waals surface area contributed by atoms with E-state index in [1.54, 1.807) is 10.7 Å². The summed E-state index contributed by atoms with van der Waals surface area (Å²) in [6.07, 6.45) is 4.49. The Morgan fingerprint density at radius 2 is 2.24 bits per heavy atom. The van der Waals surface area contributed by atoms with Gasteiger partial charge in [-0.1, -0.05) is 13.8 Å². The number of hydrogen-bond donors (Lipinski definition) is 2. The van der Waals surface area contributed by atoms with E-state index < -0.39 is 0 Å². The Morgan fingerprint density at radius 3 is 2.94 bits per heavy atom. The van der Waals surface area contributed by atoms with Crippen molar-refractivity contribution < 1.29 is 5.11 Å². The summed E-state index contributed by atoms with van der Waals surface area (Å²) in [5.41, 5.74) is 0.802. The van der Waals surface area contributed by atoms with Gasteiger partial charge in [0.1, 0.15) is 5.82 Å². The van der Waals surface area contributed by atoms with E-state index in [0.29, 0.717) is 5.92 Å². The van der Waals surface area contributed by atoms with Crippen LogP contribution in [0.1, 0.15) is 20.3 Å². The van der Waals surface area contributed by atoms with Crippen molar-refractivity contribution >= 4 is 11.5 Å². The molecule has 2 N–H and O–H groups in total. The second-order valence-corrected chi connectivity index (χ2v) is 4.60. The van der Waals surface area contributed by atoms with Crippen LogP contribution in [0, 0.1) is 5.92 Å². The summed E-state index contributed by atoms with van der Waals surface area (Å²) in [4.78, 5) is 4.41. The van der Waals surface area contributed by atoms with Crippen molar-refractivity contribution in [2.75, 3.05) is 11.9 Å². The molecule has 2 aromatic heterocycles. The molecule has 0 radical (unpaired) electrons. The number of rotatable bonds is 5. The molecule has 1 atom stereocenters. The van der Waals surface area contributed by atoms with Gasteiger partial charge in [-0.3, -0.25) is 0 Å². The van der Waals surface area contributed by atoms with Gasteiger partial charge in [0, 0.05) is 12.3 Å². The monoisotopic (exact) mass is 234 g/mol. The minimum absolute atomic E-state index is 0.0490. The molecule has 2 heterocycles. The van der Waals surface area contributed by atoms with Crippen molar-refractivity contribution in [2.45, 2.75) is 26.3 Å². The van der Waals surface area contributed by atoms with Crippen LogP contribution >= 0.6 is 0 Å². The zero-order valence-electron chi connectivity index (χ0n) is 10.2. The summed E-state index contributed by atoms with van der Waals surface area (Å²) in [6, 6.07) is 3.76. The van der Waals surface area contributed by atoms with Crippen LogP contribution in [0.25, 0.3) is 5.65 Å². The van der Waals surface area contributed by atoms with E-state index >= 15 is 0 Å². The number of aliphatic hydroxyl groups is 1. The SMILES string of the molecule is CC(C)CC(CO)Nc1ccn2nccc2n1. The van der Waals surface area contributed by atoms with Crippen LogP contribution in [0.4, 0.5) is 5.82 Å². The maximum atomic E-state index is 9.30. The first-order valence-corrected chi connectivity index (χ1v) is 5.87. The third kappa shape index (κ3) is 2.94. The van der Waals surface area contributed by atoms with E-state index in [4.69, 9.17) is 0 Å². The third-order valence-electron chi connectivity index (χ3n) is 2.59. The molecule has 5 heteroatoms. The maximum absolute atomic E-state index is 9.30. The standard InChI is InChI=1S/C12H18N4O/c1-9(2)7-10(8-17)14-11-4-6-16-12(15-11)3-5-13-16/h3-6,9-10,17H,7-8H2,1-2H3,(H,14,15). The molecule has 0 aromatic carbocycles. The summed E-state index contributed by atoms with van der Waals surface area (Å²) in [5.74, 6) is 1.32. The predicted molar refractivity (Wildman–Crippen MR) is 66.9 cm³/mol. The smallest absolute Gasteiger partial charge is 0.157 e. The molecular formula is C12H18N4O. The molecule has 92 valence electrons. The molecule has 2 aromatic rings. The van der Waals surface area contributed by atoms with Crippen LogP contribution in [-0.2, 0) is 0 Å². The van der Waals surface area contributed by atoms with E-state index in [2.05, 4.69) is 29.2 Å². The van der Waals surface area contributed by atoms with Crippen LogP contribution < -0.4 is 5.32 Å². The first-order valence-electron chi connectivity index (χ1n) is 5.87. The van der Waals surface area contributed by atoms with Crippen LogP contribution in [0.3, 0.4) is 0 Å². The van der Waals surface area contributed by atoms with Crippen molar-refractivity contribution in [1.29, 1.82) is 0 Å². The van der Waals surface area contributed by atoms with E-state index in [1.165, 1.54) is 0 Å². The molecular weight excluding hydrogens is 216 g/mol. The third-order valence-corrected chi connectivity index (χ3v) is 2.59. The Bertz CT molecular complexity index is 480. The highest BCUT2D eigenvalue weighted by atomic mass is 16.3. The Labute approximate surface area is 100 Å². The number of anilines is 1. The second-order valence-electron chi connectivity index (χ2n) is 4.60. The summed E-state index contributed by atoms with van der Waals surface area (Å²) in [7, 11) is 0. The molecule has 0 spiro atoms. The fourth-order valence-electron chi connectivity index (χ4n) is 1.85. The quantitative estimate of drug-likeness (QED) is 0.824. The zero-order valence-corrected chi connectivity index (χ0v) is 10.2. The minimum atomic E-state index is 0.0490. The summed E-state index contributed by atoms with van der Waals surface area (Å²) >= 11 is 0. The van der Waals surface area contributed by atoms with Crippen molar-refractivity contribution in [1.82, 2.24) is 14.6 Å². The molecule has 0 amide bonds. The van der Waals surface area contributed by atoms with Gasteiger partial charge in [-0.05, 0) is 18.4 Å². The molecule has 0 saturated heterocycles. The van der Waals surface area contributed by atoms with E-state index in [9.17, 15) is 5.11 Å². The number of nitrogens with zero attached hydrogens (tertiary/aromatic N) is 3. The van der Waals surface area contributed by atoms with E-state index in [1.807, 2.05) is 18.3 Å². The highest BCUT2D eigenvalue weighted by molar-refractivity contribution is 5.45. The lowest BCUT2D eigenvalue weighted by Crippen LogP contribution is -2.26. The molecule has 0 saturated carbocycles. The zero-order chi connectivity index (χ0) is 12.3. The van der Waals surface area contributed by atoms with E-state index in [0.717, 1.165) is 17.9 Å². The average Bonchev–Trinajstić information content (AvgIpc) is 2.74. The van der Waals surface area contributed by atoms with E-state index in [-0.39, 0.29) is 12.6 Å². The Kier molecular flexibility index (Phi) is 3.58. The van der Waals surface area contributed by atoms with Gasteiger partial charge >= 0.3 is 0 Å². The van der Waals surface area contributed by atoms with Gasteiger partial charge in [0.15, 0.2) is 5.65 Å². The summed E-state index contributed by atoms with van der Waals surface area (Å²) in [5, 5.41) is 16.6. The second kappa shape index (κ2) is 5.14. The molecule has 0 aliphatic carbocycles. The van der Waals surface area contributed by atoms with Gasteiger partial charge < -0.3 is 10.4 Å². The average molecular weight is 234 g/mol. The molecule has 2 rings (SSSR count). The Hall–Kier alpha value is -1.62. The highest BCUT2D eigenvalue weighted by Crippen LogP contribution is 2.11. The molecule has 5 nitrogen and oxygen atoms in total. The number of fused-ring (bicyclic) bond motifs is 1. The fraction of sp³-hybridized carbons (Fsp3) is 0.500. The molecule has 1 unspecified atom stereocenters. The van der Waals surface area contributed by atoms with Gasteiger partial charge in [-0.25, -0.2) is 9.50 Å². The Balaban J connectivity index is 2.10. The normalized spacial score (nSPS) is 13.2. The summed E-state index contributed by atoms with van der Waals surface area (Å²) < 4.78 is 1.71. The molecule has 17 heavy (non-hydrogen) atoms. The van der Waals surface area contributed by atoms with Gasteiger partial charge in [0.2, 0.25) is 0 Å². The van der Waals surface area contributed by atoms with Crippen molar-refractivity contribution in [2.24, 2.45) is 5.92 Å².